The SMILES string of the molecule is CCCC(=O)/C(O)=C/c1ccc(C)c(CCC)c1.CCCCc1ccccc1. The number of carbonyl (C=O) groups is 1. The number of ketones is 1. The molecule has 0 fully saturated rings. The molecule has 0 saturated heterocycles. The third-order valence-electron chi connectivity index (χ3n) is 4.62. The van der Waals surface area contributed by atoms with Crippen molar-refractivity contribution < 1.29 is 9.90 Å². The molecule has 0 aromatic heterocycles. The molecule has 2 aromatic carbocycles. The van der Waals surface area contributed by atoms with Gasteiger partial charge in [0.2, 0.25) is 0 Å². The first-order chi connectivity index (χ1) is 13.5. The van der Waals surface area contributed by atoms with Crippen LogP contribution < -0.4 is 0 Å². The van der Waals surface area contributed by atoms with Crippen molar-refractivity contribution >= 4 is 11.9 Å². The molecule has 0 unspecified atom stereocenters. The van der Waals surface area contributed by atoms with Gasteiger partial charge in [0.1, 0.15) is 0 Å². The summed E-state index contributed by atoms with van der Waals surface area (Å²) in [4.78, 5) is 11.5. The molecule has 1 N–H and O–H groups in total. The van der Waals surface area contributed by atoms with E-state index >= 15 is 0 Å². The van der Waals surface area contributed by atoms with Crippen molar-refractivity contribution in [2.75, 3.05) is 0 Å². The Kier molecular flexibility index (Phi) is 11.6. The van der Waals surface area contributed by atoms with Crippen LogP contribution in [0, 0.1) is 6.92 Å². The number of hydrogen-bond acceptors (Lipinski definition) is 2. The molecule has 2 heteroatoms. The minimum absolute atomic E-state index is 0.136. The van der Waals surface area contributed by atoms with E-state index in [2.05, 4.69) is 51.1 Å². The van der Waals surface area contributed by atoms with E-state index in [1.807, 2.05) is 25.1 Å². The lowest BCUT2D eigenvalue weighted by Gasteiger charge is -2.06. The summed E-state index contributed by atoms with van der Waals surface area (Å²) in [6.07, 6.45) is 8.67. The smallest absolute Gasteiger partial charge is 0.197 e. The number of benzene rings is 2. The number of hydrogen-bond donors (Lipinski definition) is 1. The Bertz CT molecular complexity index is 729. The highest BCUT2D eigenvalue weighted by Crippen LogP contribution is 2.16. The summed E-state index contributed by atoms with van der Waals surface area (Å²) in [6, 6.07) is 16.7. The molecular weight excluding hydrogens is 344 g/mol. The second kappa shape index (κ2) is 13.8. The zero-order chi connectivity index (χ0) is 20.8. The fourth-order valence-corrected chi connectivity index (χ4v) is 2.94. The molecule has 0 aliphatic carbocycles. The number of unbranched alkanes of at least 4 members (excludes halogenated alkanes) is 1. The number of aryl methyl sites for hydroxylation is 3. The van der Waals surface area contributed by atoms with Gasteiger partial charge in [-0.3, -0.25) is 4.79 Å². The van der Waals surface area contributed by atoms with Gasteiger partial charge in [-0.1, -0.05) is 82.1 Å². The maximum absolute atomic E-state index is 11.5. The Balaban J connectivity index is 0.000000330. The molecule has 0 spiro atoms. The predicted molar refractivity (Wildman–Crippen MR) is 121 cm³/mol. The molecule has 152 valence electrons. The molecule has 0 amide bonds. The fraction of sp³-hybridized carbons (Fsp3) is 0.423. The van der Waals surface area contributed by atoms with Crippen LogP contribution in [0.1, 0.15) is 75.1 Å². The monoisotopic (exact) mass is 380 g/mol. The average Bonchev–Trinajstić information content (AvgIpc) is 2.70. The van der Waals surface area contributed by atoms with Gasteiger partial charge >= 0.3 is 0 Å². The minimum Gasteiger partial charge on any atom is -0.504 e. The molecule has 2 nitrogen and oxygen atoms in total. The van der Waals surface area contributed by atoms with Crippen molar-refractivity contribution in [3.05, 3.63) is 76.5 Å². The first-order valence-electron chi connectivity index (χ1n) is 10.6. The standard InChI is InChI=1S/C16H22O2.C10H14/c1-4-6-14-10-13(9-8-12(14)3)11-16(18)15(17)7-5-2;1-2-3-7-10-8-5-4-6-9-10/h8-11,18H,4-7H2,1-3H3;4-6,8-9H,2-3,7H2,1H3/b16-11-;. The molecule has 0 radical (unpaired) electrons. The van der Waals surface area contributed by atoms with Crippen molar-refractivity contribution in [2.45, 2.75) is 72.6 Å². The summed E-state index contributed by atoms with van der Waals surface area (Å²) in [5.41, 5.74) is 4.89. The van der Waals surface area contributed by atoms with E-state index in [9.17, 15) is 9.90 Å². The van der Waals surface area contributed by atoms with Crippen LogP contribution in [0.3, 0.4) is 0 Å². The quantitative estimate of drug-likeness (QED) is 0.367. The van der Waals surface area contributed by atoms with Crippen molar-refractivity contribution in [1.29, 1.82) is 0 Å². The lowest BCUT2D eigenvalue weighted by molar-refractivity contribution is -0.117. The molecule has 0 aliphatic rings. The molecule has 0 aliphatic heterocycles. The highest BCUT2D eigenvalue weighted by molar-refractivity contribution is 5.97. The van der Waals surface area contributed by atoms with Crippen LogP contribution in [-0.4, -0.2) is 10.9 Å². The topological polar surface area (TPSA) is 37.3 Å². The Hall–Kier alpha value is -2.35. The second-order valence-corrected chi connectivity index (χ2v) is 7.23. The highest BCUT2D eigenvalue weighted by atomic mass is 16.3. The maximum Gasteiger partial charge on any atom is 0.197 e. The van der Waals surface area contributed by atoms with E-state index in [1.165, 1.54) is 36.0 Å². The van der Waals surface area contributed by atoms with Crippen molar-refractivity contribution in [3.63, 3.8) is 0 Å². The molecule has 0 saturated carbocycles. The van der Waals surface area contributed by atoms with Crippen LogP contribution in [0.5, 0.6) is 0 Å². The second-order valence-electron chi connectivity index (χ2n) is 7.23. The number of allylic oxidation sites excluding steroid dienone is 1. The van der Waals surface area contributed by atoms with Crippen LogP contribution in [0.25, 0.3) is 6.08 Å². The average molecular weight is 381 g/mol. The van der Waals surface area contributed by atoms with Crippen LogP contribution in [-0.2, 0) is 17.6 Å². The summed E-state index contributed by atoms with van der Waals surface area (Å²) in [6.45, 7) is 8.38. The Morgan fingerprint density at radius 3 is 2.25 bits per heavy atom. The number of carbonyl (C=O) groups excluding carboxylic acids is 1. The number of Topliss-reactive ketones (excluding diaryl/α,β-unsaturated/α-hetero) is 1. The Labute approximate surface area is 171 Å². The molecule has 28 heavy (non-hydrogen) atoms. The van der Waals surface area contributed by atoms with E-state index < -0.39 is 0 Å². The summed E-state index contributed by atoms with van der Waals surface area (Å²) in [7, 11) is 0. The summed E-state index contributed by atoms with van der Waals surface area (Å²) in [5, 5.41) is 9.70. The first-order valence-corrected chi connectivity index (χ1v) is 10.6. The van der Waals surface area contributed by atoms with Crippen LogP contribution in [0.2, 0.25) is 0 Å². The van der Waals surface area contributed by atoms with E-state index in [0.29, 0.717) is 6.42 Å². The normalized spacial score (nSPS) is 10.9. The van der Waals surface area contributed by atoms with Gasteiger partial charge in [-0.05, 0) is 60.9 Å². The van der Waals surface area contributed by atoms with E-state index in [1.54, 1.807) is 6.08 Å². The highest BCUT2D eigenvalue weighted by Gasteiger charge is 2.06. The molecule has 2 rings (SSSR count). The van der Waals surface area contributed by atoms with Crippen molar-refractivity contribution in [1.82, 2.24) is 0 Å². The van der Waals surface area contributed by atoms with E-state index in [4.69, 9.17) is 0 Å². The fourth-order valence-electron chi connectivity index (χ4n) is 2.94. The number of rotatable bonds is 9. The molecule has 0 heterocycles. The molecule has 2 aromatic rings. The molecule has 0 bridgehead atoms. The van der Waals surface area contributed by atoms with Crippen molar-refractivity contribution in [3.8, 4) is 0 Å². The van der Waals surface area contributed by atoms with Gasteiger partial charge in [-0.15, -0.1) is 0 Å². The van der Waals surface area contributed by atoms with Gasteiger partial charge in [0.05, 0.1) is 0 Å². The van der Waals surface area contributed by atoms with Gasteiger partial charge in [-0.25, -0.2) is 0 Å². The van der Waals surface area contributed by atoms with Gasteiger partial charge in [-0.2, -0.15) is 0 Å². The third kappa shape index (κ3) is 9.03. The zero-order valence-electron chi connectivity index (χ0n) is 18.0. The lowest BCUT2D eigenvalue weighted by Crippen LogP contribution is -2.00. The van der Waals surface area contributed by atoms with Crippen LogP contribution in [0.4, 0.5) is 0 Å². The Morgan fingerprint density at radius 1 is 0.929 bits per heavy atom. The number of aliphatic hydroxyl groups excluding tert-OH is 1. The first kappa shape index (κ1) is 23.7. The van der Waals surface area contributed by atoms with Gasteiger partial charge < -0.3 is 5.11 Å². The summed E-state index contributed by atoms with van der Waals surface area (Å²) >= 11 is 0. The zero-order valence-corrected chi connectivity index (χ0v) is 18.0. The van der Waals surface area contributed by atoms with Gasteiger partial charge in [0, 0.05) is 6.42 Å². The predicted octanol–water partition coefficient (Wildman–Crippen LogP) is 7.24. The summed E-state index contributed by atoms with van der Waals surface area (Å²) < 4.78 is 0. The third-order valence-corrected chi connectivity index (χ3v) is 4.62. The summed E-state index contributed by atoms with van der Waals surface area (Å²) in [5.74, 6) is -0.321. The Morgan fingerprint density at radius 2 is 1.64 bits per heavy atom. The molecular formula is C26H36O2. The lowest BCUT2D eigenvalue weighted by atomic mass is 10.0. The van der Waals surface area contributed by atoms with Crippen LogP contribution in [0.15, 0.2) is 54.3 Å². The van der Waals surface area contributed by atoms with Gasteiger partial charge in [0.15, 0.2) is 11.5 Å². The minimum atomic E-state index is -0.185. The van der Waals surface area contributed by atoms with Crippen molar-refractivity contribution in [2.24, 2.45) is 0 Å². The van der Waals surface area contributed by atoms with E-state index in [0.717, 1.165) is 24.8 Å². The largest absolute Gasteiger partial charge is 0.504 e. The van der Waals surface area contributed by atoms with Crippen LogP contribution >= 0.6 is 0 Å². The number of aliphatic hydroxyl groups is 1. The maximum atomic E-state index is 11.5. The molecule has 0 atom stereocenters. The van der Waals surface area contributed by atoms with E-state index in [-0.39, 0.29) is 11.5 Å². The van der Waals surface area contributed by atoms with Gasteiger partial charge in [0.25, 0.3) is 0 Å².